The zero-order valence-corrected chi connectivity index (χ0v) is 12.4. The Morgan fingerprint density at radius 3 is 2.76 bits per heavy atom. The molecule has 2 amide bonds. The van der Waals surface area contributed by atoms with Crippen molar-refractivity contribution in [3.05, 3.63) is 64.7 Å². The highest BCUT2D eigenvalue weighted by atomic mass is 35.5. The van der Waals surface area contributed by atoms with Gasteiger partial charge in [0.25, 0.3) is 0 Å². The fourth-order valence-electron chi connectivity index (χ4n) is 1.72. The summed E-state index contributed by atoms with van der Waals surface area (Å²) in [6.45, 7) is 2.22. The Bertz CT molecular complexity index is 701. The van der Waals surface area contributed by atoms with Gasteiger partial charge in [0.2, 0.25) is 0 Å². The Morgan fingerprint density at radius 2 is 2.00 bits per heavy atom. The molecule has 2 aromatic carbocycles. The molecule has 21 heavy (non-hydrogen) atoms. The summed E-state index contributed by atoms with van der Waals surface area (Å²) in [7, 11) is 0. The SMILES string of the molecule is Cc1cccc(NC(=O)NCC#Cc2ccccc2Cl)c1. The second kappa shape index (κ2) is 7.37. The second-order valence-electron chi connectivity index (χ2n) is 4.46. The van der Waals surface area contributed by atoms with E-state index >= 15 is 0 Å². The molecule has 106 valence electrons. The number of nitrogens with one attached hydrogen (secondary N) is 2. The predicted octanol–water partition coefficient (Wildman–Crippen LogP) is 3.82. The van der Waals surface area contributed by atoms with Gasteiger partial charge in [0.15, 0.2) is 0 Å². The number of hydrogen-bond donors (Lipinski definition) is 2. The maximum atomic E-state index is 11.7. The lowest BCUT2D eigenvalue weighted by Gasteiger charge is -2.05. The first-order valence-corrected chi connectivity index (χ1v) is 6.88. The highest BCUT2D eigenvalue weighted by Gasteiger charge is 1.99. The summed E-state index contributed by atoms with van der Waals surface area (Å²) >= 11 is 5.99. The van der Waals surface area contributed by atoms with Crippen LogP contribution in [0, 0.1) is 18.8 Å². The van der Waals surface area contributed by atoms with Crippen molar-refractivity contribution in [2.45, 2.75) is 6.92 Å². The van der Waals surface area contributed by atoms with E-state index in [1.807, 2.05) is 49.4 Å². The van der Waals surface area contributed by atoms with Crippen LogP contribution < -0.4 is 10.6 Å². The van der Waals surface area contributed by atoms with Gasteiger partial charge in [0.05, 0.1) is 11.6 Å². The van der Waals surface area contributed by atoms with Gasteiger partial charge in [-0.15, -0.1) is 0 Å². The molecule has 0 spiro atoms. The number of anilines is 1. The van der Waals surface area contributed by atoms with E-state index in [-0.39, 0.29) is 12.6 Å². The predicted molar refractivity (Wildman–Crippen MR) is 86.5 cm³/mol. The van der Waals surface area contributed by atoms with Crippen LogP contribution in [0.4, 0.5) is 10.5 Å². The van der Waals surface area contributed by atoms with Gasteiger partial charge in [0, 0.05) is 11.3 Å². The standard InChI is InChI=1S/C17H15ClN2O/c1-13-6-4-9-15(12-13)20-17(21)19-11-5-8-14-7-2-3-10-16(14)18/h2-4,6-7,9-10,12H,11H2,1H3,(H2,19,20,21). The maximum absolute atomic E-state index is 11.7. The average molecular weight is 299 g/mol. The molecule has 0 saturated carbocycles. The summed E-state index contributed by atoms with van der Waals surface area (Å²) in [5, 5.41) is 6.03. The quantitative estimate of drug-likeness (QED) is 0.813. The number of carbonyl (C=O) groups excluding carboxylic acids is 1. The van der Waals surface area contributed by atoms with Crippen LogP contribution in [-0.2, 0) is 0 Å². The van der Waals surface area contributed by atoms with Crippen molar-refractivity contribution in [1.82, 2.24) is 5.32 Å². The van der Waals surface area contributed by atoms with Gasteiger partial charge in [-0.25, -0.2) is 4.79 Å². The van der Waals surface area contributed by atoms with Crippen molar-refractivity contribution in [2.75, 3.05) is 11.9 Å². The molecular formula is C17H15ClN2O. The first kappa shape index (κ1) is 15.0. The molecule has 0 radical (unpaired) electrons. The number of halogens is 1. The minimum absolute atomic E-state index is 0.253. The number of benzene rings is 2. The van der Waals surface area contributed by atoms with Gasteiger partial charge < -0.3 is 10.6 Å². The molecule has 0 bridgehead atoms. The maximum Gasteiger partial charge on any atom is 0.319 e. The molecule has 2 aromatic rings. The zero-order valence-electron chi connectivity index (χ0n) is 11.6. The van der Waals surface area contributed by atoms with E-state index < -0.39 is 0 Å². The van der Waals surface area contributed by atoms with E-state index in [0.717, 1.165) is 16.8 Å². The number of urea groups is 1. The van der Waals surface area contributed by atoms with Crippen LogP contribution in [0.25, 0.3) is 0 Å². The molecule has 0 aliphatic carbocycles. The van der Waals surface area contributed by atoms with Crippen LogP contribution in [0.3, 0.4) is 0 Å². The van der Waals surface area contributed by atoms with Gasteiger partial charge in [-0.05, 0) is 36.8 Å². The molecule has 3 nitrogen and oxygen atoms in total. The molecular weight excluding hydrogens is 284 g/mol. The molecule has 4 heteroatoms. The van der Waals surface area contributed by atoms with Gasteiger partial charge >= 0.3 is 6.03 Å². The highest BCUT2D eigenvalue weighted by Crippen LogP contribution is 2.12. The molecule has 0 atom stereocenters. The fraction of sp³-hybridized carbons (Fsp3) is 0.118. The lowest BCUT2D eigenvalue weighted by Crippen LogP contribution is -2.28. The van der Waals surface area contributed by atoms with E-state index in [1.165, 1.54) is 0 Å². The second-order valence-corrected chi connectivity index (χ2v) is 4.87. The zero-order chi connectivity index (χ0) is 15.1. The molecule has 0 fully saturated rings. The molecule has 0 aliphatic rings. The Hall–Kier alpha value is -2.44. The molecule has 0 aliphatic heterocycles. The van der Waals surface area contributed by atoms with E-state index in [0.29, 0.717) is 5.02 Å². The highest BCUT2D eigenvalue weighted by molar-refractivity contribution is 6.31. The van der Waals surface area contributed by atoms with Crippen molar-refractivity contribution < 1.29 is 4.79 Å². The van der Waals surface area contributed by atoms with E-state index in [9.17, 15) is 4.79 Å². The summed E-state index contributed by atoms with van der Waals surface area (Å²) in [6, 6.07) is 14.6. The summed E-state index contributed by atoms with van der Waals surface area (Å²) < 4.78 is 0. The molecule has 2 N–H and O–H groups in total. The Kier molecular flexibility index (Phi) is 5.25. The minimum Gasteiger partial charge on any atom is -0.327 e. The van der Waals surface area contributed by atoms with Crippen LogP contribution in [0.15, 0.2) is 48.5 Å². The van der Waals surface area contributed by atoms with Crippen molar-refractivity contribution >= 4 is 23.3 Å². The van der Waals surface area contributed by atoms with E-state index in [4.69, 9.17) is 11.6 Å². The summed E-state index contributed by atoms with van der Waals surface area (Å²) in [4.78, 5) is 11.7. The number of amides is 2. The summed E-state index contributed by atoms with van der Waals surface area (Å²) in [5.41, 5.74) is 2.60. The van der Waals surface area contributed by atoms with E-state index in [1.54, 1.807) is 6.07 Å². The minimum atomic E-state index is -0.283. The first-order chi connectivity index (χ1) is 10.1. The van der Waals surface area contributed by atoms with E-state index in [2.05, 4.69) is 22.5 Å². The Labute approximate surface area is 129 Å². The molecule has 0 saturated heterocycles. The molecule has 2 rings (SSSR count). The summed E-state index contributed by atoms with van der Waals surface area (Å²) in [6.07, 6.45) is 0. The lowest BCUT2D eigenvalue weighted by molar-refractivity contribution is 0.253. The van der Waals surface area contributed by atoms with Gasteiger partial charge in [-0.1, -0.05) is 47.7 Å². The van der Waals surface area contributed by atoms with Gasteiger partial charge in [-0.3, -0.25) is 0 Å². The normalized spacial score (nSPS) is 9.43. The van der Waals surface area contributed by atoms with Crippen molar-refractivity contribution in [2.24, 2.45) is 0 Å². The van der Waals surface area contributed by atoms with Crippen LogP contribution in [-0.4, -0.2) is 12.6 Å². The summed E-state index contributed by atoms with van der Waals surface area (Å²) in [5.74, 6) is 5.78. The third kappa shape index (κ3) is 4.87. The number of aryl methyl sites for hydroxylation is 1. The third-order valence-corrected chi connectivity index (χ3v) is 3.04. The third-order valence-electron chi connectivity index (χ3n) is 2.71. The Morgan fingerprint density at radius 1 is 1.19 bits per heavy atom. The lowest BCUT2D eigenvalue weighted by atomic mass is 10.2. The topological polar surface area (TPSA) is 41.1 Å². The Balaban J connectivity index is 1.84. The van der Waals surface area contributed by atoms with Crippen molar-refractivity contribution in [1.29, 1.82) is 0 Å². The smallest absolute Gasteiger partial charge is 0.319 e. The largest absolute Gasteiger partial charge is 0.327 e. The monoisotopic (exact) mass is 298 g/mol. The average Bonchev–Trinajstić information content (AvgIpc) is 2.45. The molecule has 0 heterocycles. The van der Waals surface area contributed by atoms with Crippen LogP contribution >= 0.6 is 11.6 Å². The van der Waals surface area contributed by atoms with Crippen molar-refractivity contribution in [3.8, 4) is 11.8 Å². The number of rotatable bonds is 2. The first-order valence-electron chi connectivity index (χ1n) is 6.50. The number of carbonyl (C=O) groups is 1. The molecule has 0 unspecified atom stereocenters. The number of hydrogen-bond acceptors (Lipinski definition) is 1. The van der Waals surface area contributed by atoms with Gasteiger partial charge in [0.1, 0.15) is 0 Å². The fourth-order valence-corrected chi connectivity index (χ4v) is 1.91. The van der Waals surface area contributed by atoms with Crippen LogP contribution in [0.5, 0.6) is 0 Å². The van der Waals surface area contributed by atoms with Crippen molar-refractivity contribution in [3.63, 3.8) is 0 Å². The molecule has 0 aromatic heterocycles. The van der Waals surface area contributed by atoms with Gasteiger partial charge in [-0.2, -0.15) is 0 Å². The van der Waals surface area contributed by atoms with Crippen LogP contribution in [0.2, 0.25) is 5.02 Å². The van der Waals surface area contributed by atoms with Crippen LogP contribution in [0.1, 0.15) is 11.1 Å².